The normalized spacial score (nSPS) is 10.3. The summed E-state index contributed by atoms with van der Waals surface area (Å²) in [4.78, 5) is 16.3. The predicted molar refractivity (Wildman–Crippen MR) is 83.9 cm³/mol. The largest absolute Gasteiger partial charge is 0.322 e. The molecule has 1 amide bonds. The van der Waals surface area contributed by atoms with Crippen molar-refractivity contribution in [2.45, 2.75) is 0 Å². The number of nitrogens with zero attached hydrogens (tertiary/aromatic N) is 2. The molecule has 0 saturated carbocycles. The topological polar surface area (TPSA) is 70.7 Å². The number of nitrogens with one attached hydrogen (secondary N) is 2. The summed E-state index contributed by atoms with van der Waals surface area (Å²) in [7, 11) is 0. The number of hydrogen-bond donors (Lipinski definition) is 2. The van der Waals surface area contributed by atoms with E-state index in [-0.39, 0.29) is 5.91 Å². The van der Waals surface area contributed by atoms with Crippen LogP contribution in [0, 0.1) is 0 Å². The first-order valence-electron chi connectivity index (χ1n) is 6.25. The van der Waals surface area contributed by atoms with E-state index in [9.17, 15) is 4.79 Å². The molecule has 5 nitrogen and oxygen atoms in total. The highest BCUT2D eigenvalue weighted by atomic mass is 79.9. The summed E-state index contributed by atoms with van der Waals surface area (Å²) in [5.74, 6) is 0.500. The summed E-state index contributed by atoms with van der Waals surface area (Å²) < 4.78 is 0.866. The Morgan fingerprint density at radius 1 is 1.14 bits per heavy atom. The van der Waals surface area contributed by atoms with Crippen molar-refractivity contribution in [1.82, 2.24) is 15.2 Å². The molecule has 0 atom stereocenters. The van der Waals surface area contributed by atoms with E-state index in [1.54, 1.807) is 12.1 Å². The van der Waals surface area contributed by atoms with Crippen LogP contribution in [-0.2, 0) is 0 Å². The molecule has 21 heavy (non-hydrogen) atoms. The Hall–Kier alpha value is -2.47. The molecule has 2 aromatic carbocycles. The van der Waals surface area contributed by atoms with E-state index in [0.717, 1.165) is 10.0 Å². The minimum absolute atomic E-state index is 0.161. The molecule has 0 unspecified atom stereocenters. The van der Waals surface area contributed by atoms with Gasteiger partial charge < -0.3 is 5.32 Å². The highest BCUT2D eigenvalue weighted by Crippen LogP contribution is 2.19. The molecule has 0 saturated heterocycles. The lowest BCUT2D eigenvalue weighted by atomic mass is 10.1. The number of aromatic nitrogens is 3. The van der Waals surface area contributed by atoms with Gasteiger partial charge >= 0.3 is 0 Å². The number of halogens is 1. The van der Waals surface area contributed by atoms with Crippen LogP contribution in [-0.4, -0.2) is 21.1 Å². The smallest absolute Gasteiger partial charge is 0.255 e. The fourth-order valence-corrected chi connectivity index (χ4v) is 2.32. The van der Waals surface area contributed by atoms with Gasteiger partial charge in [0.2, 0.25) is 0 Å². The molecule has 104 valence electrons. The number of aromatic amines is 1. The lowest BCUT2D eigenvalue weighted by Gasteiger charge is -2.07. The van der Waals surface area contributed by atoms with Gasteiger partial charge in [0, 0.05) is 21.3 Å². The van der Waals surface area contributed by atoms with Crippen LogP contribution >= 0.6 is 15.9 Å². The van der Waals surface area contributed by atoms with Gasteiger partial charge in [-0.1, -0.05) is 34.1 Å². The second-order valence-corrected chi connectivity index (χ2v) is 5.30. The summed E-state index contributed by atoms with van der Waals surface area (Å²) in [5, 5.41) is 9.48. The molecule has 0 spiro atoms. The van der Waals surface area contributed by atoms with Gasteiger partial charge in [0.05, 0.1) is 0 Å². The Kier molecular flexibility index (Phi) is 3.79. The number of anilines is 1. The lowest BCUT2D eigenvalue weighted by Crippen LogP contribution is -2.11. The molecule has 2 N–H and O–H groups in total. The molecule has 0 bridgehead atoms. The van der Waals surface area contributed by atoms with Crippen molar-refractivity contribution in [1.29, 1.82) is 0 Å². The van der Waals surface area contributed by atoms with Crippen molar-refractivity contribution in [2.75, 3.05) is 5.32 Å². The van der Waals surface area contributed by atoms with Crippen LogP contribution in [0.1, 0.15) is 10.4 Å². The number of benzene rings is 2. The van der Waals surface area contributed by atoms with E-state index in [1.165, 1.54) is 6.33 Å². The van der Waals surface area contributed by atoms with E-state index >= 15 is 0 Å². The zero-order chi connectivity index (χ0) is 14.7. The molecule has 1 aromatic heterocycles. The first-order chi connectivity index (χ1) is 10.2. The van der Waals surface area contributed by atoms with E-state index in [0.29, 0.717) is 17.1 Å². The van der Waals surface area contributed by atoms with Gasteiger partial charge in [-0.05, 0) is 30.3 Å². The third-order valence-corrected chi connectivity index (χ3v) is 3.39. The summed E-state index contributed by atoms with van der Waals surface area (Å²) in [5.41, 5.74) is 2.16. The summed E-state index contributed by atoms with van der Waals surface area (Å²) >= 11 is 3.35. The van der Waals surface area contributed by atoms with E-state index in [1.807, 2.05) is 36.4 Å². The van der Waals surface area contributed by atoms with Gasteiger partial charge in [0.25, 0.3) is 5.91 Å². The third-order valence-electron chi connectivity index (χ3n) is 2.90. The van der Waals surface area contributed by atoms with Gasteiger partial charge in [-0.3, -0.25) is 9.89 Å². The Balaban J connectivity index is 1.82. The summed E-state index contributed by atoms with van der Waals surface area (Å²) in [6.07, 6.45) is 1.45. The maximum Gasteiger partial charge on any atom is 0.255 e. The quantitative estimate of drug-likeness (QED) is 0.765. The molecule has 3 aromatic rings. The number of hydrogen-bond acceptors (Lipinski definition) is 3. The zero-order valence-corrected chi connectivity index (χ0v) is 12.5. The SMILES string of the molecule is O=C(Nc1cccc(-c2ncn[nH]2)c1)c1cccc(Br)c1. The van der Waals surface area contributed by atoms with E-state index in [2.05, 4.69) is 36.4 Å². The molecular weight excluding hydrogens is 332 g/mol. The zero-order valence-electron chi connectivity index (χ0n) is 10.9. The van der Waals surface area contributed by atoms with Gasteiger partial charge in [0.15, 0.2) is 5.82 Å². The van der Waals surface area contributed by atoms with Crippen LogP contribution in [0.5, 0.6) is 0 Å². The van der Waals surface area contributed by atoms with Crippen LogP contribution in [0.25, 0.3) is 11.4 Å². The van der Waals surface area contributed by atoms with Gasteiger partial charge in [-0.15, -0.1) is 0 Å². The molecule has 0 radical (unpaired) electrons. The number of carbonyl (C=O) groups excluding carboxylic acids is 1. The van der Waals surface area contributed by atoms with Crippen LogP contribution in [0.4, 0.5) is 5.69 Å². The molecule has 0 aliphatic heterocycles. The van der Waals surface area contributed by atoms with Crippen LogP contribution < -0.4 is 5.32 Å². The monoisotopic (exact) mass is 342 g/mol. The fourth-order valence-electron chi connectivity index (χ4n) is 1.92. The van der Waals surface area contributed by atoms with Crippen molar-refractivity contribution in [3.8, 4) is 11.4 Å². The van der Waals surface area contributed by atoms with Crippen LogP contribution in [0.15, 0.2) is 59.3 Å². The third kappa shape index (κ3) is 3.17. The van der Waals surface area contributed by atoms with Crippen molar-refractivity contribution in [3.05, 3.63) is 64.9 Å². The van der Waals surface area contributed by atoms with E-state index < -0.39 is 0 Å². The van der Waals surface area contributed by atoms with Crippen molar-refractivity contribution in [2.24, 2.45) is 0 Å². The molecule has 1 heterocycles. The molecule has 3 rings (SSSR count). The number of carbonyl (C=O) groups is 1. The average molecular weight is 343 g/mol. The molecule has 0 aliphatic rings. The van der Waals surface area contributed by atoms with Crippen LogP contribution in [0.3, 0.4) is 0 Å². The number of H-pyrrole nitrogens is 1. The highest BCUT2D eigenvalue weighted by Gasteiger charge is 2.08. The Labute approximate surface area is 129 Å². The van der Waals surface area contributed by atoms with Crippen molar-refractivity contribution < 1.29 is 4.79 Å². The molecular formula is C15H11BrN4O. The summed E-state index contributed by atoms with van der Waals surface area (Å²) in [6.45, 7) is 0. The minimum Gasteiger partial charge on any atom is -0.322 e. The second-order valence-electron chi connectivity index (χ2n) is 4.38. The van der Waals surface area contributed by atoms with Crippen molar-refractivity contribution in [3.63, 3.8) is 0 Å². The standard InChI is InChI=1S/C15H11BrN4O/c16-12-5-1-4-11(7-12)15(21)19-13-6-2-3-10(8-13)14-17-9-18-20-14/h1-9H,(H,19,21)(H,17,18,20). The van der Waals surface area contributed by atoms with Gasteiger partial charge in [-0.25, -0.2) is 4.98 Å². The van der Waals surface area contributed by atoms with Crippen molar-refractivity contribution >= 4 is 27.5 Å². The summed E-state index contributed by atoms with van der Waals surface area (Å²) in [6, 6.07) is 14.7. The number of rotatable bonds is 3. The second kappa shape index (κ2) is 5.88. The van der Waals surface area contributed by atoms with Crippen LogP contribution in [0.2, 0.25) is 0 Å². The fraction of sp³-hybridized carbons (Fsp3) is 0. The average Bonchev–Trinajstić information content (AvgIpc) is 3.02. The lowest BCUT2D eigenvalue weighted by molar-refractivity contribution is 0.102. The minimum atomic E-state index is -0.161. The highest BCUT2D eigenvalue weighted by molar-refractivity contribution is 9.10. The Morgan fingerprint density at radius 3 is 2.76 bits per heavy atom. The van der Waals surface area contributed by atoms with E-state index in [4.69, 9.17) is 0 Å². The molecule has 6 heteroatoms. The number of amides is 1. The maximum atomic E-state index is 12.2. The first kappa shape index (κ1) is 13.5. The molecule has 0 aliphatic carbocycles. The van der Waals surface area contributed by atoms with Gasteiger partial charge in [-0.2, -0.15) is 5.10 Å². The Bertz CT molecular complexity index is 771. The predicted octanol–water partition coefficient (Wildman–Crippen LogP) is 3.49. The van der Waals surface area contributed by atoms with Gasteiger partial charge in [0.1, 0.15) is 6.33 Å². The molecule has 0 fully saturated rings. The first-order valence-corrected chi connectivity index (χ1v) is 7.04. The Morgan fingerprint density at radius 2 is 2.00 bits per heavy atom. The maximum absolute atomic E-state index is 12.2.